The van der Waals surface area contributed by atoms with Gasteiger partial charge < -0.3 is 9.80 Å². The molecule has 1 fully saturated rings. The van der Waals surface area contributed by atoms with E-state index < -0.39 is 0 Å². The van der Waals surface area contributed by atoms with E-state index in [1.165, 1.54) is 0 Å². The van der Waals surface area contributed by atoms with Gasteiger partial charge in [-0.15, -0.1) is 5.10 Å². The normalized spacial score (nSPS) is 20.5. The van der Waals surface area contributed by atoms with E-state index in [-0.39, 0.29) is 18.5 Å². The van der Waals surface area contributed by atoms with Crippen molar-refractivity contribution >= 4 is 16.9 Å². The van der Waals surface area contributed by atoms with Crippen LogP contribution < -0.4 is 0 Å². The lowest BCUT2D eigenvalue weighted by Crippen LogP contribution is -2.53. The second-order valence-electron chi connectivity index (χ2n) is 5.43. The Kier molecular flexibility index (Phi) is 3.40. The maximum atomic E-state index is 12.4. The second-order valence-corrected chi connectivity index (χ2v) is 5.43. The molecule has 20 heavy (non-hydrogen) atoms. The van der Waals surface area contributed by atoms with Crippen LogP contribution in [0, 0.1) is 0 Å². The number of likely N-dealkylation sites (N-methyl/N-ethyl adjacent to an activating group) is 1. The van der Waals surface area contributed by atoms with Crippen LogP contribution in [0.5, 0.6) is 0 Å². The molecule has 1 aromatic carbocycles. The number of carbonyl (C=O) groups is 1. The number of para-hydroxylation sites is 1. The van der Waals surface area contributed by atoms with Gasteiger partial charge in [0.1, 0.15) is 12.1 Å². The molecule has 0 bridgehead atoms. The van der Waals surface area contributed by atoms with Crippen LogP contribution >= 0.6 is 0 Å². The highest BCUT2D eigenvalue weighted by molar-refractivity contribution is 5.80. The second kappa shape index (κ2) is 5.20. The van der Waals surface area contributed by atoms with Crippen molar-refractivity contribution in [1.82, 2.24) is 24.8 Å². The predicted molar refractivity (Wildman–Crippen MR) is 76.2 cm³/mol. The summed E-state index contributed by atoms with van der Waals surface area (Å²) in [6.45, 7) is 4.97. The molecule has 2 heterocycles. The van der Waals surface area contributed by atoms with Gasteiger partial charge in [-0.25, -0.2) is 4.68 Å². The molecule has 1 aliphatic heterocycles. The van der Waals surface area contributed by atoms with Crippen LogP contribution in [0.3, 0.4) is 0 Å². The van der Waals surface area contributed by atoms with E-state index in [1.54, 1.807) is 4.68 Å². The molecule has 3 rings (SSSR count). The number of benzene rings is 1. The molecule has 106 valence electrons. The summed E-state index contributed by atoms with van der Waals surface area (Å²) in [7, 11) is 2.09. The van der Waals surface area contributed by atoms with Gasteiger partial charge in [0, 0.05) is 25.7 Å². The minimum absolute atomic E-state index is 0.112. The summed E-state index contributed by atoms with van der Waals surface area (Å²) in [6, 6.07) is 7.95. The zero-order valence-corrected chi connectivity index (χ0v) is 11.9. The van der Waals surface area contributed by atoms with Crippen molar-refractivity contribution in [3.8, 4) is 0 Å². The van der Waals surface area contributed by atoms with Gasteiger partial charge in [-0.3, -0.25) is 4.79 Å². The fourth-order valence-corrected chi connectivity index (χ4v) is 2.76. The van der Waals surface area contributed by atoms with E-state index >= 15 is 0 Å². The Morgan fingerprint density at radius 3 is 2.95 bits per heavy atom. The van der Waals surface area contributed by atoms with Crippen molar-refractivity contribution in [2.24, 2.45) is 0 Å². The van der Waals surface area contributed by atoms with Gasteiger partial charge in [0.15, 0.2) is 0 Å². The molecule has 0 unspecified atom stereocenters. The van der Waals surface area contributed by atoms with E-state index in [0.717, 1.165) is 30.7 Å². The molecule has 0 spiro atoms. The van der Waals surface area contributed by atoms with E-state index in [9.17, 15) is 4.79 Å². The van der Waals surface area contributed by atoms with Crippen molar-refractivity contribution < 1.29 is 4.79 Å². The first-order chi connectivity index (χ1) is 9.65. The molecule has 0 aliphatic carbocycles. The lowest BCUT2D eigenvalue weighted by atomic mass is 10.2. The molecule has 1 amide bonds. The molecule has 6 heteroatoms. The maximum Gasteiger partial charge on any atom is 0.244 e. The van der Waals surface area contributed by atoms with Gasteiger partial charge in [0.05, 0.1) is 5.52 Å². The smallest absolute Gasteiger partial charge is 0.244 e. The highest BCUT2D eigenvalue weighted by atomic mass is 16.2. The number of rotatable bonds is 2. The number of amides is 1. The molecule has 1 saturated heterocycles. The summed E-state index contributed by atoms with van der Waals surface area (Å²) in [5.74, 6) is 0.112. The minimum Gasteiger partial charge on any atom is -0.336 e. The third-order valence-corrected chi connectivity index (χ3v) is 3.86. The lowest BCUT2D eigenvalue weighted by Gasteiger charge is -2.38. The van der Waals surface area contributed by atoms with Crippen LogP contribution in [-0.2, 0) is 11.3 Å². The first-order valence-corrected chi connectivity index (χ1v) is 6.91. The summed E-state index contributed by atoms with van der Waals surface area (Å²) in [4.78, 5) is 16.6. The highest BCUT2D eigenvalue weighted by Crippen LogP contribution is 2.12. The minimum atomic E-state index is 0.112. The van der Waals surface area contributed by atoms with E-state index in [0.29, 0.717) is 0 Å². The van der Waals surface area contributed by atoms with Crippen molar-refractivity contribution in [3.05, 3.63) is 24.3 Å². The van der Waals surface area contributed by atoms with E-state index in [2.05, 4.69) is 29.2 Å². The number of hydrogen-bond donors (Lipinski definition) is 0. The van der Waals surface area contributed by atoms with E-state index in [4.69, 9.17) is 0 Å². The zero-order chi connectivity index (χ0) is 14.1. The molecule has 1 aromatic heterocycles. The number of aromatic nitrogens is 3. The van der Waals surface area contributed by atoms with Crippen LogP contribution in [0.2, 0.25) is 0 Å². The lowest BCUT2D eigenvalue weighted by molar-refractivity contribution is -0.136. The number of piperazine rings is 1. The van der Waals surface area contributed by atoms with Crippen LogP contribution in [-0.4, -0.2) is 63.4 Å². The fourth-order valence-electron chi connectivity index (χ4n) is 2.76. The molecule has 1 atom stereocenters. The SMILES string of the molecule is C[C@H]1CN(C)CCN1C(=O)Cn1nnc2ccccc21. The summed E-state index contributed by atoms with van der Waals surface area (Å²) in [5, 5.41) is 8.16. The number of carbonyl (C=O) groups excluding carboxylic acids is 1. The molecular weight excluding hydrogens is 254 g/mol. The third kappa shape index (κ3) is 2.38. The number of nitrogens with zero attached hydrogens (tertiary/aromatic N) is 5. The molecule has 0 N–H and O–H groups in total. The van der Waals surface area contributed by atoms with Gasteiger partial charge in [-0.05, 0) is 26.1 Å². The largest absolute Gasteiger partial charge is 0.336 e. The highest BCUT2D eigenvalue weighted by Gasteiger charge is 2.26. The van der Waals surface area contributed by atoms with Crippen LogP contribution in [0.25, 0.3) is 11.0 Å². The average molecular weight is 273 g/mol. The standard InChI is InChI=1S/C14H19N5O/c1-11-9-17(2)7-8-18(11)14(20)10-19-13-6-4-3-5-12(13)15-16-19/h3-6,11H,7-10H2,1-2H3/t11-/m0/s1. The monoisotopic (exact) mass is 273 g/mol. The maximum absolute atomic E-state index is 12.4. The van der Waals surface area contributed by atoms with Gasteiger partial charge in [0.25, 0.3) is 0 Å². The first kappa shape index (κ1) is 13.1. The van der Waals surface area contributed by atoms with Crippen molar-refractivity contribution in [3.63, 3.8) is 0 Å². The zero-order valence-electron chi connectivity index (χ0n) is 11.9. The topological polar surface area (TPSA) is 54.3 Å². The molecule has 2 aromatic rings. The fraction of sp³-hybridized carbons (Fsp3) is 0.500. The van der Waals surface area contributed by atoms with Gasteiger partial charge >= 0.3 is 0 Å². The molecule has 6 nitrogen and oxygen atoms in total. The number of fused-ring (bicyclic) bond motifs is 1. The third-order valence-electron chi connectivity index (χ3n) is 3.86. The van der Waals surface area contributed by atoms with Gasteiger partial charge in [-0.2, -0.15) is 0 Å². The Hall–Kier alpha value is -1.95. The summed E-state index contributed by atoms with van der Waals surface area (Å²) >= 11 is 0. The van der Waals surface area contributed by atoms with Crippen LogP contribution in [0.15, 0.2) is 24.3 Å². The Morgan fingerprint density at radius 2 is 2.15 bits per heavy atom. The van der Waals surface area contributed by atoms with Gasteiger partial charge in [-0.1, -0.05) is 17.3 Å². The Labute approximate surface area is 118 Å². The Morgan fingerprint density at radius 1 is 1.35 bits per heavy atom. The quantitative estimate of drug-likeness (QED) is 0.804. The molecule has 0 saturated carbocycles. The van der Waals surface area contributed by atoms with Crippen LogP contribution in [0.1, 0.15) is 6.92 Å². The van der Waals surface area contributed by atoms with E-state index in [1.807, 2.05) is 29.2 Å². The summed E-state index contributed by atoms with van der Waals surface area (Å²) in [6.07, 6.45) is 0. The molecule has 1 aliphatic rings. The van der Waals surface area contributed by atoms with Crippen molar-refractivity contribution in [1.29, 1.82) is 0 Å². The predicted octanol–water partition coefficient (Wildman–Crippen LogP) is 0.594. The van der Waals surface area contributed by atoms with Crippen molar-refractivity contribution in [2.45, 2.75) is 19.5 Å². The van der Waals surface area contributed by atoms with Crippen molar-refractivity contribution in [2.75, 3.05) is 26.7 Å². The molecule has 0 radical (unpaired) electrons. The number of hydrogen-bond acceptors (Lipinski definition) is 4. The average Bonchev–Trinajstić information content (AvgIpc) is 2.82. The Balaban J connectivity index is 1.76. The summed E-state index contributed by atoms with van der Waals surface area (Å²) in [5.41, 5.74) is 1.73. The van der Waals surface area contributed by atoms with Gasteiger partial charge in [0.2, 0.25) is 5.91 Å². The first-order valence-electron chi connectivity index (χ1n) is 6.91. The van der Waals surface area contributed by atoms with Crippen LogP contribution in [0.4, 0.5) is 0 Å². The molecular formula is C14H19N5O. The summed E-state index contributed by atoms with van der Waals surface area (Å²) < 4.78 is 1.68. The Bertz CT molecular complexity index is 623.